The molecule has 0 aromatic carbocycles. The van der Waals surface area contributed by atoms with E-state index in [0.29, 0.717) is 12.8 Å². The Balaban J connectivity index is 3.21. The zero-order valence-corrected chi connectivity index (χ0v) is 6.81. The predicted molar refractivity (Wildman–Crippen MR) is 38.7 cm³/mol. The summed E-state index contributed by atoms with van der Waals surface area (Å²) in [5.41, 5.74) is 0. The van der Waals surface area contributed by atoms with Gasteiger partial charge in [-0.05, 0) is 12.8 Å². The molecule has 0 aromatic heterocycles. The van der Waals surface area contributed by atoms with Crippen LogP contribution in [-0.4, -0.2) is 26.1 Å². The number of hydrogen-bond acceptors (Lipinski definition) is 3. The van der Waals surface area contributed by atoms with Crippen molar-refractivity contribution in [2.45, 2.75) is 30.1 Å². The van der Waals surface area contributed by atoms with E-state index in [1.165, 1.54) is 0 Å². The molecule has 0 heterocycles. The van der Waals surface area contributed by atoms with Crippen molar-refractivity contribution in [3.8, 4) is 0 Å². The smallest absolute Gasteiger partial charge is 0.275 e. The second kappa shape index (κ2) is 4.36. The van der Waals surface area contributed by atoms with Gasteiger partial charge < -0.3 is 15.3 Å². The van der Waals surface area contributed by atoms with Crippen LogP contribution in [-0.2, 0) is 0 Å². The van der Waals surface area contributed by atoms with Crippen LogP contribution in [0.25, 0.3) is 0 Å². The summed E-state index contributed by atoms with van der Waals surface area (Å²) in [6, 6.07) is 0. The summed E-state index contributed by atoms with van der Waals surface area (Å²) < 4.78 is 0. The third-order valence-electron chi connectivity index (χ3n) is 0.935. The summed E-state index contributed by atoms with van der Waals surface area (Å²) in [5.74, 6) is -2.58. The average molecular weight is 189 g/mol. The molecule has 0 aliphatic carbocycles. The van der Waals surface area contributed by atoms with Gasteiger partial charge in [0.2, 0.25) is 0 Å². The molecule has 0 radical (unpaired) electrons. The third kappa shape index (κ3) is 8.46. The van der Waals surface area contributed by atoms with Gasteiger partial charge >= 0.3 is 0 Å². The van der Waals surface area contributed by atoms with E-state index in [1.54, 1.807) is 0 Å². The Hall–Kier alpha value is 0.460. The standard InChI is InChI=1S/C5H10Cl2O3/c6-4(7)2-1-3-5(8,9)10/h4,8-10H,1-3H2. The SMILES string of the molecule is OC(O)(O)CCCC(Cl)Cl. The van der Waals surface area contributed by atoms with Crippen molar-refractivity contribution < 1.29 is 15.3 Å². The van der Waals surface area contributed by atoms with Crippen LogP contribution in [0.1, 0.15) is 19.3 Å². The molecule has 0 saturated carbocycles. The second-order valence-electron chi connectivity index (χ2n) is 2.06. The van der Waals surface area contributed by atoms with E-state index in [4.69, 9.17) is 38.5 Å². The summed E-state index contributed by atoms with van der Waals surface area (Å²) in [4.78, 5) is -0.512. The number of hydrogen-bond donors (Lipinski definition) is 3. The van der Waals surface area contributed by atoms with E-state index in [9.17, 15) is 0 Å². The lowest BCUT2D eigenvalue weighted by atomic mass is 10.2. The molecular weight excluding hydrogens is 179 g/mol. The van der Waals surface area contributed by atoms with Crippen molar-refractivity contribution >= 4 is 23.2 Å². The second-order valence-corrected chi connectivity index (χ2v) is 3.33. The van der Waals surface area contributed by atoms with Gasteiger partial charge in [-0.15, -0.1) is 23.2 Å². The Kier molecular flexibility index (Phi) is 4.56. The zero-order chi connectivity index (χ0) is 8.20. The number of halogens is 2. The van der Waals surface area contributed by atoms with E-state index < -0.39 is 10.8 Å². The van der Waals surface area contributed by atoms with E-state index in [1.807, 2.05) is 0 Å². The Labute approximate surface area is 69.2 Å². The van der Waals surface area contributed by atoms with Crippen LogP contribution in [0.3, 0.4) is 0 Å². The van der Waals surface area contributed by atoms with Crippen LogP contribution < -0.4 is 0 Å². The monoisotopic (exact) mass is 188 g/mol. The van der Waals surface area contributed by atoms with Crippen LogP contribution in [0.15, 0.2) is 0 Å². The molecule has 0 aliphatic rings. The molecule has 0 bridgehead atoms. The zero-order valence-electron chi connectivity index (χ0n) is 5.30. The van der Waals surface area contributed by atoms with Crippen molar-refractivity contribution in [3.05, 3.63) is 0 Å². The minimum atomic E-state index is -2.58. The molecule has 62 valence electrons. The number of rotatable bonds is 4. The first-order valence-corrected chi connectivity index (χ1v) is 3.74. The fourth-order valence-electron chi connectivity index (χ4n) is 0.494. The highest BCUT2D eigenvalue weighted by molar-refractivity contribution is 6.44. The highest BCUT2D eigenvalue weighted by Crippen LogP contribution is 2.14. The van der Waals surface area contributed by atoms with Gasteiger partial charge in [0.05, 0.1) is 0 Å². The van der Waals surface area contributed by atoms with Crippen molar-refractivity contribution in [2.75, 3.05) is 0 Å². The molecule has 0 atom stereocenters. The topological polar surface area (TPSA) is 60.7 Å². The van der Waals surface area contributed by atoms with Gasteiger partial charge in [0, 0.05) is 6.42 Å². The Morgan fingerprint density at radius 1 is 1.20 bits per heavy atom. The lowest BCUT2D eigenvalue weighted by molar-refractivity contribution is -0.314. The molecule has 0 rings (SSSR count). The third-order valence-corrected chi connectivity index (χ3v) is 1.37. The van der Waals surface area contributed by atoms with Gasteiger partial charge in [0.1, 0.15) is 4.84 Å². The maximum atomic E-state index is 8.36. The molecule has 0 spiro atoms. The molecule has 0 saturated heterocycles. The van der Waals surface area contributed by atoms with E-state index in [2.05, 4.69) is 0 Å². The van der Waals surface area contributed by atoms with Gasteiger partial charge in [-0.1, -0.05) is 0 Å². The number of aliphatic hydroxyl groups is 3. The van der Waals surface area contributed by atoms with Crippen molar-refractivity contribution in [3.63, 3.8) is 0 Å². The van der Waals surface area contributed by atoms with Crippen LogP contribution in [0.2, 0.25) is 0 Å². The first-order chi connectivity index (χ1) is 4.42. The van der Waals surface area contributed by atoms with Gasteiger partial charge in [-0.2, -0.15) is 0 Å². The summed E-state index contributed by atoms with van der Waals surface area (Å²) in [6.07, 6.45) is 0.677. The summed E-state index contributed by atoms with van der Waals surface area (Å²) >= 11 is 10.7. The fourth-order valence-corrected chi connectivity index (χ4v) is 0.802. The van der Waals surface area contributed by atoms with Crippen LogP contribution >= 0.6 is 23.2 Å². The maximum absolute atomic E-state index is 8.36. The first-order valence-electron chi connectivity index (χ1n) is 2.87. The van der Waals surface area contributed by atoms with Crippen LogP contribution in [0, 0.1) is 0 Å². The Morgan fingerprint density at radius 3 is 2.00 bits per heavy atom. The molecule has 10 heavy (non-hydrogen) atoms. The predicted octanol–water partition coefficient (Wildman–Crippen LogP) is 0.591. The highest BCUT2D eigenvalue weighted by Gasteiger charge is 2.17. The van der Waals surface area contributed by atoms with Crippen LogP contribution in [0.4, 0.5) is 0 Å². The van der Waals surface area contributed by atoms with Gasteiger partial charge in [0.15, 0.2) is 0 Å². The summed E-state index contributed by atoms with van der Waals surface area (Å²) in [7, 11) is 0. The van der Waals surface area contributed by atoms with E-state index >= 15 is 0 Å². The molecule has 0 aliphatic heterocycles. The normalized spacial score (nSPS) is 12.6. The quantitative estimate of drug-likeness (QED) is 0.448. The van der Waals surface area contributed by atoms with Gasteiger partial charge in [0.25, 0.3) is 5.97 Å². The van der Waals surface area contributed by atoms with E-state index in [0.717, 1.165) is 0 Å². The molecular formula is C5H10Cl2O3. The van der Waals surface area contributed by atoms with Gasteiger partial charge in [-0.3, -0.25) is 0 Å². The summed E-state index contributed by atoms with van der Waals surface area (Å²) in [5, 5.41) is 25.1. The first kappa shape index (κ1) is 10.5. The lowest BCUT2D eigenvalue weighted by Gasteiger charge is -2.12. The van der Waals surface area contributed by atoms with Crippen molar-refractivity contribution in [2.24, 2.45) is 0 Å². The molecule has 0 aromatic rings. The Bertz CT molecular complexity index is 89.4. The number of alkyl halides is 2. The van der Waals surface area contributed by atoms with Crippen LogP contribution in [0.5, 0.6) is 0 Å². The molecule has 0 amide bonds. The largest absolute Gasteiger partial charge is 0.344 e. The van der Waals surface area contributed by atoms with E-state index in [-0.39, 0.29) is 6.42 Å². The molecule has 0 unspecified atom stereocenters. The Morgan fingerprint density at radius 2 is 1.70 bits per heavy atom. The maximum Gasteiger partial charge on any atom is 0.275 e. The highest BCUT2D eigenvalue weighted by atomic mass is 35.5. The average Bonchev–Trinajstić information content (AvgIpc) is 1.59. The fraction of sp³-hybridized carbons (Fsp3) is 1.00. The lowest BCUT2D eigenvalue weighted by Crippen LogP contribution is -2.26. The minimum Gasteiger partial charge on any atom is -0.344 e. The summed E-state index contributed by atoms with van der Waals surface area (Å²) in [6.45, 7) is 0. The molecule has 5 heteroatoms. The molecule has 3 nitrogen and oxygen atoms in total. The van der Waals surface area contributed by atoms with Crippen molar-refractivity contribution in [1.82, 2.24) is 0 Å². The van der Waals surface area contributed by atoms with Gasteiger partial charge in [-0.25, -0.2) is 0 Å². The molecule has 0 fully saturated rings. The minimum absolute atomic E-state index is 0.136. The van der Waals surface area contributed by atoms with Crippen molar-refractivity contribution in [1.29, 1.82) is 0 Å². The molecule has 3 N–H and O–H groups in total.